The van der Waals surface area contributed by atoms with Crippen molar-refractivity contribution in [1.29, 1.82) is 0 Å². The molecule has 2 nitrogen and oxygen atoms in total. The first-order valence-corrected chi connectivity index (χ1v) is 4.90. The van der Waals surface area contributed by atoms with Gasteiger partial charge in [-0.3, -0.25) is 4.79 Å². The second kappa shape index (κ2) is 4.32. The Hall–Kier alpha value is -0.970. The summed E-state index contributed by atoms with van der Waals surface area (Å²) >= 11 is 0. The summed E-state index contributed by atoms with van der Waals surface area (Å²) in [5.74, 6) is 3.31. The normalized spacial score (nSPS) is 22.9. The maximum absolute atomic E-state index is 11.2. The highest BCUT2D eigenvalue weighted by Crippen LogP contribution is 2.23. The molecule has 0 aromatic heterocycles. The van der Waals surface area contributed by atoms with Crippen molar-refractivity contribution in [2.45, 2.75) is 26.7 Å². The number of piperidine rings is 1. The second-order valence-corrected chi connectivity index (χ2v) is 4.04. The van der Waals surface area contributed by atoms with Gasteiger partial charge in [0.25, 0.3) is 5.91 Å². The predicted molar refractivity (Wildman–Crippen MR) is 53.0 cm³/mol. The first-order valence-electron chi connectivity index (χ1n) is 4.90. The molecule has 1 aliphatic heterocycles. The first kappa shape index (κ1) is 10.1. The molecule has 0 radical (unpaired) electrons. The summed E-state index contributed by atoms with van der Waals surface area (Å²) in [4.78, 5) is 13.0. The summed E-state index contributed by atoms with van der Waals surface area (Å²) < 4.78 is 0. The molecule has 72 valence electrons. The zero-order valence-corrected chi connectivity index (χ0v) is 8.42. The molecule has 0 spiro atoms. The fourth-order valence-corrected chi connectivity index (χ4v) is 1.83. The van der Waals surface area contributed by atoms with Crippen molar-refractivity contribution in [3.05, 3.63) is 0 Å². The summed E-state index contributed by atoms with van der Waals surface area (Å²) in [5, 5.41) is 0. The van der Waals surface area contributed by atoms with Crippen molar-refractivity contribution in [2.75, 3.05) is 13.1 Å². The van der Waals surface area contributed by atoms with Gasteiger partial charge in [-0.1, -0.05) is 13.8 Å². The number of carbonyl (C=O) groups is 1. The van der Waals surface area contributed by atoms with Gasteiger partial charge >= 0.3 is 0 Å². The lowest BCUT2D eigenvalue weighted by atomic mass is 9.88. The van der Waals surface area contributed by atoms with Crippen LogP contribution in [-0.2, 0) is 4.79 Å². The van der Waals surface area contributed by atoms with Crippen LogP contribution in [0.4, 0.5) is 0 Å². The zero-order chi connectivity index (χ0) is 9.84. The van der Waals surface area contributed by atoms with E-state index in [9.17, 15) is 4.79 Å². The van der Waals surface area contributed by atoms with Crippen molar-refractivity contribution in [2.24, 2.45) is 11.8 Å². The molecule has 0 aromatic rings. The Morgan fingerprint density at radius 1 is 1.62 bits per heavy atom. The number of rotatable bonds is 1. The molecule has 1 fully saturated rings. The average Bonchev–Trinajstić information content (AvgIpc) is 2.17. The Bertz CT molecular complexity index is 227. The van der Waals surface area contributed by atoms with Crippen LogP contribution in [0.25, 0.3) is 0 Å². The largest absolute Gasteiger partial charge is 0.332 e. The molecule has 1 amide bonds. The maximum atomic E-state index is 11.2. The van der Waals surface area contributed by atoms with E-state index in [1.54, 1.807) is 4.90 Å². The molecule has 13 heavy (non-hydrogen) atoms. The standard InChI is InChI=1S/C11H17NO/c1-4-11(13)12-7-5-6-10(8-12)9(2)3/h1,9-10H,5-8H2,2-3H3/t10-/m0/s1. The van der Waals surface area contributed by atoms with Crippen LogP contribution >= 0.6 is 0 Å². The topological polar surface area (TPSA) is 20.3 Å². The van der Waals surface area contributed by atoms with Crippen molar-refractivity contribution < 1.29 is 4.79 Å². The fraction of sp³-hybridized carbons (Fsp3) is 0.727. The Labute approximate surface area is 80.3 Å². The van der Waals surface area contributed by atoms with E-state index >= 15 is 0 Å². The van der Waals surface area contributed by atoms with Crippen molar-refractivity contribution in [3.8, 4) is 12.3 Å². The molecule has 0 saturated carbocycles. The van der Waals surface area contributed by atoms with Gasteiger partial charge < -0.3 is 4.90 Å². The van der Waals surface area contributed by atoms with Crippen LogP contribution in [-0.4, -0.2) is 23.9 Å². The van der Waals surface area contributed by atoms with Crippen LogP contribution in [0.3, 0.4) is 0 Å². The van der Waals surface area contributed by atoms with Gasteiger partial charge in [-0.15, -0.1) is 6.42 Å². The molecule has 1 aliphatic rings. The van der Waals surface area contributed by atoms with E-state index in [2.05, 4.69) is 19.8 Å². The SMILES string of the molecule is C#CC(=O)N1CCC[C@H](C(C)C)C1. The van der Waals surface area contributed by atoms with Gasteiger partial charge in [0.15, 0.2) is 0 Å². The molecule has 1 saturated heterocycles. The summed E-state index contributed by atoms with van der Waals surface area (Å²) in [6, 6.07) is 0. The van der Waals surface area contributed by atoms with E-state index in [0.29, 0.717) is 11.8 Å². The highest BCUT2D eigenvalue weighted by molar-refractivity contribution is 5.92. The molecule has 0 aliphatic carbocycles. The van der Waals surface area contributed by atoms with Gasteiger partial charge in [0.05, 0.1) is 0 Å². The number of carbonyl (C=O) groups excluding carboxylic acids is 1. The third-order valence-electron chi connectivity index (χ3n) is 2.81. The lowest BCUT2D eigenvalue weighted by Crippen LogP contribution is -2.40. The zero-order valence-electron chi connectivity index (χ0n) is 8.42. The van der Waals surface area contributed by atoms with Crippen molar-refractivity contribution in [1.82, 2.24) is 4.90 Å². The maximum Gasteiger partial charge on any atom is 0.298 e. The Kier molecular flexibility index (Phi) is 3.36. The van der Waals surface area contributed by atoms with Gasteiger partial charge in [-0.25, -0.2) is 0 Å². The third-order valence-corrected chi connectivity index (χ3v) is 2.81. The molecule has 1 atom stereocenters. The minimum Gasteiger partial charge on any atom is -0.332 e. The van der Waals surface area contributed by atoms with E-state index < -0.39 is 0 Å². The molecule has 0 unspecified atom stereocenters. The van der Waals surface area contributed by atoms with Gasteiger partial charge in [0.2, 0.25) is 0 Å². The summed E-state index contributed by atoms with van der Waals surface area (Å²) in [6.45, 7) is 6.09. The van der Waals surface area contributed by atoms with Crippen LogP contribution in [0, 0.1) is 24.2 Å². The summed E-state index contributed by atoms with van der Waals surface area (Å²) in [5.41, 5.74) is 0. The van der Waals surface area contributed by atoms with Crippen LogP contribution in [0.15, 0.2) is 0 Å². The molecular weight excluding hydrogens is 162 g/mol. The molecule has 0 bridgehead atoms. The van der Waals surface area contributed by atoms with Crippen molar-refractivity contribution >= 4 is 5.91 Å². The van der Waals surface area contributed by atoms with Gasteiger partial charge in [0, 0.05) is 13.1 Å². The van der Waals surface area contributed by atoms with Crippen molar-refractivity contribution in [3.63, 3.8) is 0 Å². The van der Waals surface area contributed by atoms with Crippen LogP contribution < -0.4 is 0 Å². The minimum absolute atomic E-state index is 0.148. The summed E-state index contributed by atoms with van der Waals surface area (Å²) in [6.07, 6.45) is 7.40. The third kappa shape index (κ3) is 2.48. The molecule has 1 rings (SSSR count). The molecular formula is C11H17NO. The van der Waals surface area contributed by atoms with Gasteiger partial charge in [-0.05, 0) is 30.6 Å². The quantitative estimate of drug-likeness (QED) is 0.559. The molecule has 1 heterocycles. The van der Waals surface area contributed by atoms with E-state index in [-0.39, 0.29) is 5.91 Å². The van der Waals surface area contributed by atoms with Crippen LogP contribution in [0.2, 0.25) is 0 Å². The molecule has 0 aromatic carbocycles. The smallest absolute Gasteiger partial charge is 0.298 e. The average molecular weight is 179 g/mol. The predicted octanol–water partition coefficient (Wildman–Crippen LogP) is 1.51. The Balaban J connectivity index is 2.52. The number of amides is 1. The van der Waals surface area contributed by atoms with Crippen LogP contribution in [0.5, 0.6) is 0 Å². The van der Waals surface area contributed by atoms with E-state index in [1.165, 1.54) is 6.42 Å². The monoisotopic (exact) mass is 179 g/mol. The van der Waals surface area contributed by atoms with E-state index in [0.717, 1.165) is 19.5 Å². The number of likely N-dealkylation sites (tertiary alicyclic amines) is 1. The fourth-order valence-electron chi connectivity index (χ4n) is 1.83. The summed E-state index contributed by atoms with van der Waals surface area (Å²) in [7, 11) is 0. The van der Waals surface area contributed by atoms with Gasteiger partial charge in [-0.2, -0.15) is 0 Å². The number of terminal acetylenes is 1. The molecule has 2 heteroatoms. The van der Waals surface area contributed by atoms with E-state index in [4.69, 9.17) is 6.42 Å². The van der Waals surface area contributed by atoms with Gasteiger partial charge in [0.1, 0.15) is 0 Å². The highest BCUT2D eigenvalue weighted by atomic mass is 16.2. The second-order valence-electron chi connectivity index (χ2n) is 4.04. The highest BCUT2D eigenvalue weighted by Gasteiger charge is 2.24. The lowest BCUT2D eigenvalue weighted by molar-refractivity contribution is -0.127. The molecule has 0 N–H and O–H groups in total. The minimum atomic E-state index is -0.148. The number of hydrogen-bond acceptors (Lipinski definition) is 1. The Morgan fingerprint density at radius 3 is 2.85 bits per heavy atom. The Morgan fingerprint density at radius 2 is 2.31 bits per heavy atom. The number of hydrogen-bond donors (Lipinski definition) is 0. The van der Waals surface area contributed by atoms with E-state index in [1.807, 2.05) is 0 Å². The lowest BCUT2D eigenvalue weighted by Gasteiger charge is -2.33. The first-order chi connectivity index (χ1) is 6.15. The number of nitrogens with zero attached hydrogens (tertiary/aromatic N) is 1. The van der Waals surface area contributed by atoms with Crippen LogP contribution in [0.1, 0.15) is 26.7 Å².